The minimum absolute atomic E-state index is 0.111. The summed E-state index contributed by atoms with van der Waals surface area (Å²) in [6, 6.07) is 11.3. The molecule has 2 rings (SSSR count). The lowest BCUT2D eigenvalue weighted by Crippen LogP contribution is -2.16. The third-order valence-corrected chi connectivity index (χ3v) is 3.59. The van der Waals surface area contributed by atoms with E-state index in [-0.39, 0.29) is 12.3 Å². The summed E-state index contributed by atoms with van der Waals surface area (Å²) in [6.07, 6.45) is 0.279. The Morgan fingerprint density at radius 2 is 1.91 bits per heavy atom. The van der Waals surface area contributed by atoms with Gasteiger partial charge in [0.2, 0.25) is 5.91 Å². The lowest BCUT2D eigenvalue weighted by atomic mass is 10.1. The van der Waals surface area contributed by atoms with Crippen LogP contribution in [0.15, 0.2) is 36.4 Å². The van der Waals surface area contributed by atoms with Gasteiger partial charge in [0.25, 0.3) is 0 Å². The fourth-order valence-electron chi connectivity index (χ4n) is 2.23. The standard InChI is InChI=1S/C18H22N2O2/c1-12-10-13(2)14(3)17(11-12)22-9-8-18(21)20-16-7-5-4-6-15(16)19/h4-7,10-11H,8-9,19H2,1-3H3,(H,20,21). The van der Waals surface area contributed by atoms with Gasteiger partial charge < -0.3 is 15.8 Å². The summed E-state index contributed by atoms with van der Waals surface area (Å²) in [5.41, 5.74) is 10.4. The number of aryl methyl sites for hydroxylation is 2. The number of hydrogen-bond acceptors (Lipinski definition) is 3. The van der Waals surface area contributed by atoms with E-state index in [1.165, 1.54) is 5.56 Å². The number of ether oxygens (including phenoxy) is 1. The van der Waals surface area contributed by atoms with E-state index < -0.39 is 0 Å². The van der Waals surface area contributed by atoms with Crippen LogP contribution in [0.3, 0.4) is 0 Å². The highest BCUT2D eigenvalue weighted by atomic mass is 16.5. The van der Waals surface area contributed by atoms with Crippen molar-refractivity contribution < 1.29 is 9.53 Å². The molecule has 2 aromatic carbocycles. The van der Waals surface area contributed by atoms with Gasteiger partial charge in [-0.3, -0.25) is 4.79 Å². The zero-order chi connectivity index (χ0) is 16.1. The molecule has 0 radical (unpaired) electrons. The summed E-state index contributed by atoms with van der Waals surface area (Å²) >= 11 is 0. The number of amides is 1. The topological polar surface area (TPSA) is 64.3 Å². The first-order chi connectivity index (χ1) is 10.5. The molecule has 1 amide bonds. The van der Waals surface area contributed by atoms with Crippen LogP contribution >= 0.6 is 0 Å². The number of nitrogen functional groups attached to an aromatic ring is 1. The van der Waals surface area contributed by atoms with Gasteiger partial charge in [0.15, 0.2) is 0 Å². The molecular formula is C18H22N2O2. The number of rotatable bonds is 5. The van der Waals surface area contributed by atoms with Crippen molar-refractivity contribution in [3.05, 3.63) is 53.1 Å². The highest BCUT2D eigenvalue weighted by molar-refractivity contribution is 5.93. The summed E-state index contributed by atoms with van der Waals surface area (Å²) in [4.78, 5) is 11.9. The normalized spacial score (nSPS) is 10.3. The number of benzene rings is 2. The number of hydrogen-bond donors (Lipinski definition) is 2. The Balaban J connectivity index is 1.89. The summed E-state index contributed by atoms with van der Waals surface area (Å²) < 4.78 is 5.74. The number of nitrogens with two attached hydrogens (primary N) is 1. The van der Waals surface area contributed by atoms with E-state index in [1.54, 1.807) is 12.1 Å². The second-order valence-electron chi connectivity index (χ2n) is 5.44. The quantitative estimate of drug-likeness (QED) is 0.829. The lowest BCUT2D eigenvalue weighted by Gasteiger charge is -2.12. The fourth-order valence-corrected chi connectivity index (χ4v) is 2.23. The van der Waals surface area contributed by atoms with Crippen molar-refractivity contribution in [2.45, 2.75) is 27.2 Å². The molecule has 0 bridgehead atoms. The van der Waals surface area contributed by atoms with Crippen LogP contribution in [-0.4, -0.2) is 12.5 Å². The predicted octanol–water partition coefficient (Wildman–Crippen LogP) is 3.60. The average molecular weight is 298 g/mol. The van der Waals surface area contributed by atoms with E-state index in [0.717, 1.165) is 16.9 Å². The van der Waals surface area contributed by atoms with Crippen molar-refractivity contribution in [2.24, 2.45) is 0 Å². The molecule has 0 saturated carbocycles. The van der Waals surface area contributed by atoms with Crippen molar-refractivity contribution in [3.63, 3.8) is 0 Å². The van der Waals surface area contributed by atoms with Crippen LogP contribution < -0.4 is 15.8 Å². The van der Waals surface area contributed by atoms with Crippen LogP contribution in [0.1, 0.15) is 23.1 Å². The molecule has 4 heteroatoms. The van der Waals surface area contributed by atoms with Crippen LogP contribution in [0.5, 0.6) is 5.75 Å². The first-order valence-electron chi connectivity index (χ1n) is 7.32. The van der Waals surface area contributed by atoms with Gasteiger partial charge >= 0.3 is 0 Å². The van der Waals surface area contributed by atoms with Gasteiger partial charge in [-0.05, 0) is 55.7 Å². The first kappa shape index (κ1) is 15.9. The van der Waals surface area contributed by atoms with Crippen molar-refractivity contribution in [2.75, 3.05) is 17.7 Å². The Morgan fingerprint density at radius 1 is 1.18 bits per heavy atom. The van der Waals surface area contributed by atoms with E-state index >= 15 is 0 Å². The van der Waals surface area contributed by atoms with Crippen molar-refractivity contribution >= 4 is 17.3 Å². The minimum Gasteiger partial charge on any atom is -0.493 e. The molecule has 0 unspecified atom stereocenters. The van der Waals surface area contributed by atoms with Gasteiger partial charge in [0.1, 0.15) is 5.75 Å². The SMILES string of the molecule is Cc1cc(C)c(C)c(OCCC(=O)Nc2ccccc2N)c1. The number of anilines is 2. The summed E-state index contributed by atoms with van der Waals surface area (Å²) in [7, 11) is 0. The molecule has 0 aliphatic heterocycles. The van der Waals surface area contributed by atoms with Gasteiger partial charge in [-0.25, -0.2) is 0 Å². The number of nitrogens with one attached hydrogen (secondary N) is 1. The fraction of sp³-hybridized carbons (Fsp3) is 0.278. The largest absolute Gasteiger partial charge is 0.493 e. The van der Waals surface area contributed by atoms with Crippen LogP contribution in [0.25, 0.3) is 0 Å². The Morgan fingerprint density at radius 3 is 2.64 bits per heavy atom. The molecule has 2 aromatic rings. The molecule has 0 aliphatic rings. The molecule has 22 heavy (non-hydrogen) atoms. The lowest BCUT2D eigenvalue weighted by molar-refractivity contribution is -0.116. The van der Waals surface area contributed by atoms with E-state index in [2.05, 4.69) is 18.3 Å². The van der Waals surface area contributed by atoms with Crippen LogP contribution in [0, 0.1) is 20.8 Å². The highest BCUT2D eigenvalue weighted by Crippen LogP contribution is 2.23. The molecule has 0 saturated heterocycles. The second kappa shape index (κ2) is 6.98. The third-order valence-electron chi connectivity index (χ3n) is 3.59. The monoisotopic (exact) mass is 298 g/mol. The molecule has 4 nitrogen and oxygen atoms in total. The molecule has 0 spiro atoms. The predicted molar refractivity (Wildman–Crippen MR) is 90.2 cm³/mol. The van der Waals surface area contributed by atoms with Crippen molar-refractivity contribution in [1.82, 2.24) is 0 Å². The molecule has 0 atom stereocenters. The van der Waals surface area contributed by atoms with Crippen LogP contribution in [0.2, 0.25) is 0 Å². The van der Waals surface area contributed by atoms with Crippen LogP contribution in [0.4, 0.5) is 11.4 Å². The first-order valence-corrected chi connectivity index (χ1v) is 7.32. The maximum Gasteiger partial charge on any atom is 0.227 e. The van der Waals surface area contributed by atoms with E-state index in [1.807, 2.05) is 32.0 Å². The minimum atomic E-state index is -0.111. The summed E-state index contributed by atoms with van der Waals surface area (Å²) in [5.74, 6) is 0.726. The van der Waals surface area contributed by atoms with Crippen molar-refractivity contribution in [3.8, 4) is 5.75 Å². The molecule has 0 fully saturated rings. The van der Waals surface area contributed by atoms with Gasteiger partial charge in [0, 0.05) is 0 Å². The molecule has 0 heterocycles. The molecule has 0 aliphatic carbocycles. The van der Waals surface area contributed by atoms with Crippen LogP contribution in [-0.2, 0) is 4.79 Å². The zero-order valence-corrected chi connectivity index (χ0v) is 13.3. The summed E-state index contributed by atoms with van der Waals surface area (Å²) in [5, 5.41) is 2.79. The Bertz CT molecular complexity index is 681. The summed E-state index contributed by atoms with van der Waals surface area (Å²) in [6.45, 7) is 6.45. The number of carbonyl (C=O) groups is 1. The molecule has 3 N–H and O–H groups in total. The van der Waals surface area contributed by atoms with E-state index in [4.69, 9.17) is 10.5 Å². The molecule has 116 valence electrons. The third kappa shape index (κ3) is 4.01. The Labute approximate surface area is 131 Å². The van der Waals surface area contributed by atoms with E-state index in [9.17, 15) is 4.79 Å². The smallest absolute Gasteiger partial charge is 0.227 e. The highest BCUT2D eigenvalue weighted by Gasteiger charge is 2.07. The van der Waals surface area contributed by atoms with Crippen molar-refractivity contribution in [1.29, 1.82) is 0 Å². The van der Waals surface area contributed by atoms with Gasteiger partial charge in [-0.2, -0.15) is 0 Å². The Hall–Kier alpha value is -2.49. The van der Waals surface area contributed by atoms with E-state index in [0.29, 0.717) is 18.0 Å². The van der Waals surface area contributed by atoms with Gasteiger partial charge in [0.05, 0.1) is 24.4 Å². The average Bonchev–Trinajstić information content (AvgIpc) is 2.46. The van der Waals surface area contributed by atoms with Gasteiger partial charge in [-0.15, -0.1) is 0 Å². The number of carbonyl (C=O) groups excluding carboxylic acids is 1. The molecule has 0 aromatic heterocycles. The molecular weight excluding hydrogens is 276 g/mol. The maximum atomic E-state index is 11.9. The number of para-hydroxylation sites is 2. The Kier molecular flexibility index (Phi) is 5.04. The maximum absolute atomic E-state index is 11.9. The zero-order valence-electron chi connectivity index (χ0n) is 13.3. The second-order valence-corrected chi connectivity index (χ2v) is 5.44. The van der Waals surface area contributed by atoms with Gasteiger partial charge in [-0.1, -0.05) is 18.2 Å².